The summed E-state index contributed by atoms with van der Waals surface area (Å²) in [5, 5.41) is 0.860. The molecule has 0 aliphatic rings. The van der Waals surface area contributed by atoms with Gasteiger partial charge in [-0.2, -0.15) is 8.42 Å². The molecule has 0 radical (unpaired) electrons. The van der Waals surface area contributed by atoms with E-state index >= 15 is 0 Å². The lowest BCUT2D eigenvalue weighted by molar-refractivity contribution is 0.494. The zero-order valence-electron chi connectivity index (χ0n) is 8.78. The highest BCUT2D eigenvalue weighted by Gasteiger charge is 1.94. The SMILES string of the molecule is CCCCCCCC/C=C/S(=O)(=O)O. The van der Waals surface area contributed by atoms with Gasteiger partial charge in [-0.1, -0.05) is 45.1 Å². The summed E-state index contributed by atoms with van der Waals surface area (Å²) >= 11 is 0. The maximum Gasteiger partial charge on any atom is 0.287 e. The fourth-order valence-electron chi connectivity index (χ4n) is 1.23. The van der Waals surface area contributed by atoms with Crippen LogP contribution in [0.5, 0.6) is 0 Å². The molecule has 0 aromatic rings. The van der Waals surface area contributed by atoms with E-state index in [9.17, 15) is 8.42 Å². The van der Waals surface area contributed by atoms with Crippen LogP contribution < -0.4 is 0 Å². The van der Waals surface area contributed by atoms with Crippen molar-refractivity contribution in [2.45, 2.75) is 51.9 Å². The second-order valence-corrected chi connectivity index (χ2v) is 4.75. The minimum absolute atomic E-state index is 0.728. The maximum absolute atomic E-state index is 10.3. The fourth-order valence-corrected chi connectivity index (χ4v) is 1.61. The number of rotatable bonds is 8. The fraction of sp³-hybridized carbons (Fsp3) is 0.800. The molecule has 1 N–H and O–H groups in total. The molecule has 4 heteroatoms. The Morgan fingerprint density at radius 1 is 1.07 bits per heavy atom. The zero-order valence-corrected chi connectivity index (χ0v) is 9.59. The molecular weight excluding hydrogens is 200 g/mol. The number of hydrogen-bond acceptors (Lipinski definition) is 2. The molecule has 0 spiro atoms. The van der Waals surface area contributed by atoms with Crippen LogP contribution in [-0.2, 0) is 10.1 Å². The molecule has 3 nitrogen and oxygen atoms in total. The van der Waals surface area contributed by atoms with Crippen molar-refractivity contribution in [1.82, 2.24) is 0 Å². The van der Waals surface area contributed by atoms with Gasteiger partial charge in [0.05, 0.1) is 5.41 Å². The van der Waals surface area contributed by atoms with Gasteiger partial charge in [-0.15, -0.1) is 0 Å². The predicted molar refractivity (Wildman–Crippen MR) is 58.7 cm³/mol. The average molecular weight is 220 g/mol. The van der Waals surface area contributed by atoms with E-state index in [4.69, 9.17) is 4.55 Å². The first-order valence-electron chi connectivity index (χ1n) is 5.20. The lowest BCUT2D eigenvalue weighted by Gasteiger charge is -1.97. The Morgan fingerprint density at radius 2 is 1.64 bits per heavy atom. The summed E-state index contributed by atoms with van der Waals surface area (Å²) in [4.78, 5) is 0. The molecule has 0 heterocycles. The second kappa shape index (κ2) is 8.00. The van der Waals surface area contributed by atoms with Crippen molar-refractivity contribution in [2.24, 2.45) is 0 Å². The summed E-state index contributed by atoms with van der Waals surface area (Å²) in [6.07, 6.45) is 9.36. The van der Waals surface area contributed by atoms with Crippen molar-refractivity contribution in [1.29, 1.82) is 0 Å². The minimum Gasteiger partial charge on any atom is -0.282 e. The van der Waals surface area contributed by atoms with Gasteiger partial charge in [0.2, 0.25) is 0 Å². The standard InChI is InChI=1S/C10H20O3S/c1-2-3-4-5-6-7-8-9-10-14(11,12)13/h9-10H,2-8H2,1H3,(H,11,12,13)/b10-9+. The van der Waals surface area contributed by atoms with Gasteiger partial charge in [-0.3, -0.25) is 4.55 Å². The Balaban J connectivity index is 3.26. The smallest absolute Gasteiger partial charge is 0.282 e. The third-order valence-electron chi connectivity index (χ3n) is 1.99. The molecule has 0 rings (SSSR count). The van der Waals surface area contributed by atoms with Gasteiger partial charge in [0.1, 0.15) is 0 Å². The van der Waals surface area contributed by atoms with Crippen molar-refractivity contribution in [2.75, 3.05) is 0 Å². The lowest BCUT2D eigenvalue weighted by atomic mass is 10.1. The molecule has 0 atom stereocenters. The molecule has 0 amide bonds. The molecule has 0 unspecified atom stereocenters. The van der Waals surface area contributed by atoms with E-state index in [0.29, 0.717) is 0 Å². The first kappa shape index (κ1) is 13.7. The van der Waals surface area contributed by atoms with Crippen LogP contribution in [0, 0.1) is 0 Å². The van der Waals surface area contributed by atoms with Gasteiger partial charge in [-0.05, 0) is 12.8 Å². The molecular formula is C10H20O3S. The molecule has 84 valence electrons. The molecule has 0 saturated carbocycles. The highest BCUT2D eigenvalue weighted by Crippen LogP contribution is 2.07. The van der Waals surface area contributed by atoms with Crippen LogP contribution >= 0.6 is 0 Å². The van der Waals surface area contributed by atoms with Crippen LogP contribution in [-0.4, -0.2) is 13.0 Å². The van der Waals surface area contributed by atoms with E-state index in [1.807, 2.05) is 0 Å². The summed E-state index contributed by atoms with van der Waals surface area (Å²) in [5.41, 5.74) is 0. The van der Waals surface area contributed by atoms with E-state index in [1.54, 1.807) is 0 Å². The number of allylic oxidation sites excluding steroid dienone is 1. The highest BCUT2D eigenvalue weighted by atomic mass is 32.2. The van der Waals surface area contributed by atoms with E-state index in [0.717, 1.165) is 24.7 Å². The van der Waals surface area contributed by atoms with Crippen LogP contribution in [0.2, 0.25) is 0 Å². The topological polar surface area (TPSA) is 54.4 Å². The Hall–Kier alpha value is -0.350. The Bertz CT molecular complexity index is 242. The molecule has 0 aromatic heterocycles. The van der Waals surface area contributed by atoms with Crippen molar-refractivity contribution in [3.05, 3.63) is 11.5 Å². The predicted octanol–water partition coefficient (Wildman–Crippen LogP) is 3.14. The van der Waals surface area contributed by atoms with Gasteiger partial charge < -0.3 is 0 Å². The highest BCUT2D eigenvalue weighted by molar-refractivity contribution is 7.88. The average Bonchev–Trinajstić information content (AvgIpc) is 2.08. The van der Waals surface area contributed by atoms with Gasteiger partial charge in [0, 0.05) is 0 Å². The second-order valence-electron chi connectivity index (χ2n) is 3.44. The summed E-state index contributed by atoms with van der Waals surface area (Å²) < 4.78 is 28.9. The quantitative estimate of drug-likeness (QED) is 0.505. The van der Waals surface area contributed by atoms with Crippen molar-refractivity contribution < 1.29 is 13.0 Å². The van der Waals surface area contributed by atoms with E-state index in [2.05, 4.69) is 6.92 Å². The van der Waals surface area contributed by atoms with Gasteiger partial charge >= 0.3 is 0 Å². The molecule has 14 heavy (non-hydrogen) atoms. The number of hydrogen-bond donors (Lipinski definition) is 1. The third-order valence-corrected chi connectivity index (χ3v) is 2.53. The van der Waals surface area contributed by atoms with Crippen molar-refractivity contribution in [3.8, 4) is 0 Å². The Morgan fingerprint density at radius 3 is 2.21 bits per heavy atom. The molecule has 0 bridgehead atoms. The van der Waals surface area contributed by atoms with Crippen LogP contribution in [0.4, 0.5) is 0 Å². The van der Waals surface area contributed by atoms with E-state index in [1.165, 1.54) is 31.8 Å². The van der Waals surface area contributed by atoms with Gasteiger partial charge in [0.15, 0.2) is 0 Å². The molecule has 0 fully saturated rings. The normalized spacial score (nSPS) is 12.4. The molecule has 0 aliphatic carbocycles. The van der Waals surface area contributed by atoms with E-state index < -0.39 is 10.1 Å². The number of unbranched alkanes of at least 4 members (excludes halogenated alkanes) is 6. The first-order chi connectivity index (χ1) is 6.56. The maximum atomic E-state index is 10.3. The van der Waals surface area contributed by atoms with Crippen LogP contribution in [0.1, 0.15) is 51.9 Å². The van der Waals surface area contributed by atoms with Crippen LogP contribution in [0.15, 0.2) is 11.5 Å². The third kappa shape index (κ3) is 11.6. The van der Waals surface area contributed by atoms with Crippen LogP contribution in [0.3, 0.4) is 0 Å². The van der Waals surface area contributed by atoms with Gasteiger partial charge in [0.25, 0.3) is 10.1 Å². The molecule has 0 aliphatic heterocycles. The zero-order chi connectivity index (χ0) is 10.9. The Kier molecular flexibility index (Phi) is 7.80. The van der Waals surface area contributed by atoms with Crippen molar-refractivity contribution in [3.63, 3.8) is 0 Å². The lowest BCUT2D eigenvalue weighted by Crippen LogP contribution is -1.88. The summed E-state index contributed by atoms with van der Waals surface area (Å²) in [7, 11) is -3.91. The minimum atomic E-state index is -3.91. The van der Waals surface area contributed by atoms with Crippen LogP contribution in [0.25, 0.3) is 0 Å². The van der Waals surface area contributed by atoms with Crippen molar-refractivity contribution >= 4 is 10.1 Å². The molecule has 0 aromatic carbocycles. The monoisotopic (exact) mass is 220 g/mol. The van der Waals surface area contributed by atoms with E-state index in [-0.39, 0.29) is 0 Å². The first-order valence-corrected chi connectivity index (χ1v) is 6.70. The van der Waals surface area contributed by atoms with Gasteiger partial charge in [-0.25, -0.2) is 0 Å². The molecule has 0 saturated heterocycles. The summed E-state index contributed by atoms with van der Waals surface area (Å²) in [5.74, 6) is 0. The Labute approximate surface area is 87.0 Å². The largest absolute Gasteiger partial charge is 0.287 e. The summed E-state index contributed by atoms with van der Waals surface area (Å²) in [6, 6.07) is 0. The summed E-state index contributed by atoms with van der Waals surface area (Å²) in [6.45, 7) is 2.18.